The van der Waals surface area contributed by atoms with E-state index in [2.05, 4.69) is 30.6 Å². The van der Waals surface area contributed by atoms with Crippen molar-refractivity contribution in [3.8, 4) is 11.5 Å². The molecular weight excluding hydrogens is 450 g/mol. The Labute approximate surface area is 203 Å². The molecule has 0 bridgehead atoms. The molecule has 1 saturated heterocycles. The fourth-order valence-electron chi connectivity index (χ4n) is 4.48. The number of rotatable bonds is 8. The predicted molar refractivity (Wildman–Crippen MR) is 130 cm³/mol. The van der Waals surface area contributed by atoms with Crippen molar-refractivity contribution < 1.29 is 19.1 Å². The van der Waals surface area contributed by atoms with E-state index in [4.69, 9.17) is 9.47 Å². The van der Waals surface area contributed by atoms with E-state index in [9.17, 15) is 9.59 Å². The first-order valence-corrected chi connectivity index (χ1v) is 11.6. The first kappa shape index (κ1) is 24.2. The Kier molecular flexibility index (Phi) is 7.33. The number of piperidine rings is 1. The van der Waals surface area contributed by atoms with Gasteiger partial charge in [0.1, 0.15) is 18.2 Å². The van der Waals surface area contributed by atoms with Crippen LogP contribution in [-0.4, -0.2) is 70.8 Å². The van der Waals surface area contributed by atoms with Crippen molar-refractivity contribution in [3.05, 3.63) is 41.9 Å². The number of hydrogen-bond acceptors (Lipinski definition) is 8. The Morgan fingerprint density at radius 1 is 1.20 bits per heavy atom. The molecule has 1 aliphatic rings. The van der Waals surface area contributed by atoms with Gasteiger partial charge in [-0.1, -0.05) is 12.1 Å². The van der Waals surface area contributed by atoms with Gasteiger partial charge in [-0.05, 0) is 25.8 Å². The number of hydrogen-bond donors (Lipinski definition) is 2. The van der Waals surface area contributed by atoms with Crippen molar-refractivity contribution in [2.75, 3.05) is 32.2 Å². The summed E-state index contributed by atoms with van der Waals surface area (Å²) in [5.74, 6) is 2.15. The molecule has 11 heteroatoms. The number of aromatic nitrogens is 4. The fraction of sp³-hybridized carbons (Fsp3) is 0.458. The van der Waals surface area contributed by atoms with Crippen LogP contribution in [0.25, 0.3) is 5.78 Å². The number of carbonyl (C=O) groups excluding carboxylic acids is 2. The maximum Gasteiger partial charge on any atom is 0.254 e. The van der Waals surface area contributed by atoms with Gasteiger partial charge in [-0.2, -0.15) is 14.6 Å². The number of nitrogens with one attached hydrogen (secondary N) is 2. The van der Waals surface area contributed by atoms with Gasteiger partial charge in [0.05, 0.1) is 14.2 Å². The highest BCUT2D eigenvalue weighted by atomic mass is 16.5. The summed E-state index contributed by atoms with van der Waals surface area (Å²) in [6.07, 6.45) is 3.31. The van der Waals surface area contributed by atoms with E-state index in [0.29, 0.717) is 17.3 Å². The van der Waals surface area contributed by atoms with Crippen molar-refractivity contribution in [2.45, 2.75) is 45.2 Å². The third-order valence-corrected chi connectivity index (χ3v) is 6.13. The van der Waals surface area contributed by atoms with Gasteiger partial charge >= 0.3 is 0 Å². The van der Waals surface area contributed by atoms with E-state index in [-0.39, 0.29) is 24.3 Å². The minimum atomic E-state index is -0.732. The number of anilines is 1. The number of methoxy groups -OCH3 is 2. The highest BCUT2D eigenvalue weighted by Crippen LogP contribution is 2.31. The molecule has 2 N–H and O–H groups in total. The van der Waals surface area contributed by atoms with E-state index in [0.717, 1.165) is 43.0 Å². The van der Waals surface area contributed by atoms with Crippen LogP contribution in [0.15, 0.2) is 30.6 Å². The summed E-state index contributed by atoms with van der Waals surface area (Å²) >= 11 is 0. The summed E-state index contributed by atoms with van der Waals surface area (Å²) in [6.45, 7) is 4.84. The number of ether oxygens (including phenoxy) is 2. The number of fused-ring (bicyclic) bond motifs is 1. The van der Waals surface area contributed by atoms with Crippen LogP contribution in [0.1, 0.15) is 31.0 Å². The summed E-state index contributed by atoms with van der Waals surface area (Å²) in [5, 5.41) is 10.2. The summed E-state index contributed by atoms with van der Waals surface area (Å²) in [5.41, 5.74) is 1.66. The smallest absolute Gasteiger partial charge is 0.254 e. The molecule has 3 aromatic rings. The topological polar surface area (TPSA) is 123 Å². The third kappa shape index (κ3) is 5.44. The third-order valence-electron chi connectivity index (χ3n) is 6.13. The van der Waals surface area contributed by atoms with Gasteiger partial charge < -0.3 is 25.0 Å². The minimum Gasteiger partial charge on any atom is -0.493 e. The first-order chi connectivity index (χ1) is 16.9. The number of carbonyl (C=O) groups is 2. The van der Waals surface area contributed by atoms with Crippen molar-refractivity contribution in [1.82, 2.24) is 30.2 Å². The van der Waals surface area contributed by atoms with Crippen LogP contribution in [0.5, 0.6) is 11.5 Å². The summed E-state index contributed by atoms with van der Waals surface area (Å²) in [4.78, 5) is 35.9. The maximum atomic E-state index is 13.2. The minimum absolute atomic E-state index is 0.00335. The number of amides is 2. The van der Waals surface area contributed by atoms with Crippen LogP contribution >= 0.6 is 0 Å². The van der Waals surface area contributed by atoms with Crippen LogP contribution in [0.4, 0.5) is 5.82 Å². The van der Waals surface area contributed by atoms with Gasteiger partial charge in [-0.3, -0.25) is 9.59 Å². The fourth-order valence-corrected chi connectivity index (χ4v) is 4.48. The molecule has 186 valence electrons. The van der Waals surface area contributed by atoms with Gasteiger partial charge in [-0.25, -0.2) is 4.98 Å². The lowest BCUT2D eigenvalue weighted by molar-refractivity contribution is -0.128. The largest absolute Gasteiger partial charge is 0.493 e. The number of nitrogens with zero attached hydrogens (tertiary/aromatic N) is 5. The maximum absolute atomic E-state index is 13.2. The van der Waals surface area contributed by atoms with E-state index in [1.807, 2.05) is 25.1 Å². The van der Waals surface area contributed by atoms with Crippen LogP contribution < -0.4 is 25.0 Å². The number of benzene rings is 1. The van der Waals surface area contributed by atoms with Gasteiger partial charge in [0, 0.05) is 49.8 Å². The lowest BCUT2D eigenvalue weighted by Crippen LogP contribution is -2.52. The summed E-state index contributed by atoms with van der Waals surface area (Å²) < 4.78 is 12.6. The molecule has 35 heavy (non-hydrogen) atoms. The van der Waals surface area contributed by atoms with E-state index in [1.165, 1.54) is 13.3 Å². The SMILES string of the molecule is COc1cccc(C[C@H](NC(C)=O)C(=O)NC2CCN(c3cc(C)nc4ncnn34)CC2)c1OC. The molecule has 0 radical (unpaired) electrons. The Morgan fingerprint density at radius 3 is 2.66 bits per heavy atom. The average molecular weight is 482 g/mol. The zero-order chi connectivity index (χ0) is 24.9. The van der Waals surface area contributed by atoms with Gasteiger partial charge in [0.2, 0.25) is 11.8 Å². The second kappa shape index (κ2) is 10.6. The normalized spacial score (nSPS) is 15.0. The molecular formula is C24H31N7O4. The number of aryl methyl sites for hydroxylation is 1. The van der Waals surface area contributed by atoms with E-state index >= 15 is 0 Å². The molecule has 0 spiro atoms. The molecule has 2 amide bonds. The molecule has 1 atom stereocenters. The van der Waals surface area contributed by atoms with Gasteiger partial charge in [-0.15, -0.1) is 0 Å². The highest BCUT2D eigenvalue weighted by molar-refractivity contribution is 5.87. The van der Waals surface area contributed by atoms with Crippen LogP contribution in [-0.2, 0) is 16.0 Å². The summed E-state index contributed by atoms with van der Waals surface area (Å²) in [7, 11) is 3.12. The van der Waals surface area contributed by atoms with Crippen LogP contribution in [0.3, 0.4) is 0 Å². The molecule has 4 rings (SSSR count). The molecule has 1 aliphatic heterocycles. The van der Waals surface area contributed by atoms with Crippen molar-refractivity contribution in [1.29, 1.82) is 0 Å². The Morgan fingerprint density at radius 2 is 1.97 bits per heavy atom. The predicted octanol–water partition coefficient (Wildman–Crippen LogP) is 1.28. The average Bonchev–Trinajstić information content (AvgIpc) is 3.31. The standard InChI is InChI=1S/C24H31N7O4/c1-15-12-21(31-24(27-15)25-14-26-31)30-10-8-18(9-11-30)29-23(33)19(28-16(2)32)13-17-6-5-7-20(34-3)22(17)35-4/h5-7,12,14,18-19H,8-11,13H2,1-4H3,(H,28,32)(H,29,33)/t19-/m0/s1. The zero-order valence-electron chi connectivity index (χ0n) is 20.4. The number of para-hydroxylation sites is 1. The van der Waals surface area contributed by atoms with E-state index < -0.39 is 6.04 Å². The summed E-state index contributed by atoms with van der Waals surface area (Å²) in [6, 6.07) is 6.75. The molecule has 2 aromatic heterocycles. The quantitative estimate of drug-likeness (QED) is 0.493. The molecule has 0 unspecified atom stereocenters. The monoisotopic (exact) mass is 481 g/mol. The van der Waals surface area contributed by atoms with Gasteiger partial charge in [0.15, 0.2) is 11.5 Å². The molecule has 1 fully saturated rings. The van der Waals surface area contributed by atoms with Crippen LogP contribution in [0.2, 0.25) is 0 Å². The molecule has 3 heterocycles. The van der Waals surface area contributed by atoms with Gasteiger partial charge in [0.25, 0.3) is 5.78 Å². The van der Waals surface area contributed by atoms with Crippen molar-refractivity contribution in [3.63, 3.8) is 0 Å². The zero-order valence-corrected chi connectivity index (χ0v) is 20.4. The first-order valence-electron chi connectivity index (χ1n) is 11.6. The second-order valence-corrected chi connectivity index (χ2v) is 8.61. The molecule has 1 aromatic carbocycles. The van der Waals surface area contributed by atoms with Crippen molar-refractivity contribution >= 4 is 23.4 Å². The molecule has 0 saturated carbocycles. The van der Waals surface area contributed by atoms with E-state index in [1.54, 1.807) is 24.8 Å². The Balaban J connectivity index is 1.42. The molecule has 11 nitrogen and oxygen atoms in total. The Bertz CT molecular complexity index is 1200. The Hall–Kier alpha value is -3.89. The van der Waals surface area contributed by atoms with Crippen molar-refractivity contribution in [2.24, 2.45) is 0 Å². The van der Waals surface area contributed by atoms with Crippen LogP contribution in [0, 0.1) is 6.92 Å². The highest BCUT2D eigenvalue weighted by Gasteiger charge is 2.28. The second-order valence-electron chi connectivity index (χ2n) is 8.61. The molecule has 0 aliphatic carbocycles. The lowest BCUT2D eigenvalue weighted by Gasteiger charge is -2.34. The lowest BCUT2D eigenvalue weighted by atomic mass is 10.0.